The van der Waals surface area contributed by atoms with Crippen molar-refractivity contribution in [1.29, 1.82) is 0 Å². The molecule has 0 fully saturated rings. The fourth-order valence-corrected chi connectivity index (χ4v) is 3.85. The summed E-state index contributed by atoms with van der Waals surface area (Å²) in [7, 11) is -3.87. The Kier molecular flexibility index (Phi) is 4.93. The number of aromatic amines is 1. The van der Waals surface area contributed by atoms with Crippen LogP contribution in [0.2, 0.25) is 0 Å². The molecule has 2 aromatic rings. The Bertz CT molecular complexity index is 828. The summed E-state index contributed by atoms with van der Waals surface area (Å²) in [6, 6.07) is 5.37. The van der Waals surface area contributed by atoms with E-state index in [0.29, 0.717) is 12.0 Å². The molecule has 24 heavy (non-hydrogen) atoms. The monoisotopic (exact) mass is 354 g/mol. The molecule has 0 radical (unpaired) electrons. The fourth-order valence-electron chi connectivity index (χ4n) is 3.29. The maximum absolute atomic E-state index is 10.7. The van der Waals surface area contributed by atoms with Crippen molar-refractivity contribution in [3.63, 3.8) is 0 Å². The summed E-state index contributed by atoms with van der Waals surface area (Å²) in [6.07, 6.45) is 0.560. The zero-order valence-corrected chi connectivity index (χ0v) is 14.1. The van der Waals surface area contributed by atoms with Crippen LogP contribution in [0, 0.1) is 0 Å². The highest BCUT2D eigenvalue weighted by molar-refractivity contribution is 7.85. The van der Waals surface area contributed by atoms with Gasteiger partial charge in [-0.05, 0) is 43.5 Å². The number of aromatic nitrogens is 1. The Morgan fingerprint density at radius 2 is 2.04 bits per heavy atom. The minimum absolute atomic E-state index is 0.190. The van der Waals surface area contributed by atoms with E-state index in [1.807, 2.05) is 12.1 Å². The molecule has 4 N–H and O–H groups in total. The first-order valence-electron chi connectivity index (χ1n) is 8.00. The molecule has 0 saturated heterocycles. The molecule has 3 rings (SSSR count). The van der Waals surface area contributed by atoms with Gasteiger partial charge >= 0.3 is 0 Å². The van der Waals surface area contributed by atoms with Gasteiger partial charge in [0.25, 0.3) is 10.1 Å². The van der Waals surface area contributed by atoms with Crippen molar-refractivity contribution < 1.29 is 23.2 Å². The van der Waals surface area contributed by atoms with Gasteiger partial charge in [-0.25, -0.2) is 0 Å². The molecule has 1 aromatic carbocycles. The largest absolute Gasteiger partial charge is 0.364 e. The van der Waals surface area contributed by atoms with Gasteiger partial charge in [0.2, 0.25) is 0 Å². The summed E-state index contributed by atoms with van der Waals surface area (Å²) in [5.41, 5.74) is 3.80. The Morgan fingerprint density at radius 3 is 2.75 bits per heavy atom. The maximum Gasteiger partial charge on any atom is 0.264 e. The van der Waals surface area contributed by atoms with E-state index in [1.165, 1.54) is 5.56 Å². The Morgan fingerprint density at radius 1 is 1.25 bits per heavy atom. The average Bonchev–Trinajstić information content (AvgIpc) is 2.87. The highest BCUT2D eigenvalue weighted by Crippen LogP contribution is 2.29. The lowest BCUT2D eigenvalue weighted by Gasteiger charge is -2.26. The molecule has 0 aliphatic carbocycles. The topological polar surface area (TPSA) is 114 Å². The van der Waals surface area contributed by atoms with Crippen LogP contribution in [0.5, 0.6) is 0 Å². The quantitative estimate of drug-likeness (QED) is 0.352. The maximum atomic E-state index is 10.7. The third-order valence-corrected chi connectivity index (χ3v) is 5.31. The molecule has 7 nitrogen and oxygen atoms in total. The van der Waals surface area contributed by atoms with Gasteiger partial charge in [-0.2, -0.15) is 8.42 Å². The Hall–Kier alpha value is -1.45. The van der Waals surface area contributed by atoms with E-state index in [9.17, 15) is 18.6 Å². The zero-order chi connectivity index (χ0) is 17.3. The average molecular weight is 354 g/mol. The molecule has 0 spiro atoms. The van der Waals surface area contributed by atoms with Crippen LogP contribution in [0.25, 0.3) is 10.9 Å². The predicted octanol–water partition coefficient (Wildman–Crippen LogP) is 1.18. The number of benzene rings is 1. The van der Waals surface area contributed by atoms with Crippen molar-refractivity contribution >= 4 is 21.0 Å². The van der Waals surface area contributed by atoms with Gasteiger partial charge in [-0.15, -0.1) is 0 Å². The number of aliphatic hydroxyl groups excluding tert-OH is 1. The normalized spacial score (nSPS) is 16.0. The molecule has 0 saturated carbocycles. The third kappa shape index (κ3) is 3.96. The van der Waals surface area contributed by atoms with E-state index in [-0.39, 0.29) is 5.75 Å². The molecule has 132 valence electrons. The molecule has 1 aromatic heterocycles. The lowest BCUT2D eigenvalue weighted by atomic mass is 10.0. The van der Waals surface area contributed by atoms with Crippen LogP contribution < -0.4 is 0 Å². The second kappa shape index (κ2) is 6.81. The molecule has 1 aliphatic rings. The van der Waals surface area contributed by atoms with Crippen LogP contribution in [-0.4, -0.2) is 51.9 Å². The van der Waals surface area contributed by atoms with Crippen molar-refractivity contribution in [2.24, 2.45) is 0 Å². The van der Waals surface area contributed by atoms with E-state index < -0.39 is 16.4 Å². The number of H-pyrrole nitrogens is 1. The van der Waals surface area contributed by atoms with Crippen LogP contribution in [0.4, 0.5) is 0 Å². The second-order valence-electron chi connectivity index (χ2n) is 6.28. The first-order valence-corrected chi connectivity index (χ1v) is 9.61. The highest BCUT2D eigenvalue weighted by Gasteiger charge is 2.21. The van der Waals surface area contributed by atoms with Crippen LogP contribution in [0.1, 0.15) is 36.0 Å². The van der Waals surface area contributed by atoms with E-state index >= 15 is 0 Å². The predicted molar refractivity (Wildman–Crippen MR) is 90.1 cm³/mol. The van der Waals surface area contributed by atoms with E-state index in [4.69, 9.17) is 4.55 Å². The van der Waals surface area contributed by atoms with Gasteiger partial charge in [0.05, 0.1) is 5.75 Å². The summed E-state index contributed by atoms with van der Waals surface area (Å²) in [6.45, 7) is 2.41. The number of unbranched alkanes of at least 4 members (excludes halogenated alkanes) is 1. The van der Waals surface area contributed by atoms with Crippen LogP contribution >= 0.6 is 0 Å². The summed E-state index contributed by atoms with van der Waals surface area (Å²) in [5, 5.41) is 19.7. The molecule has 8 heteroatoms. The van der Waals surface area contributed by atoms with Gasteiger partial charge in [0.1, 0.15) is 0 Å². The number of aliphatic hydroxyl groups is 2. The van der Waals surface area contributed by atoms with Gasteiger partial charge in [0, 0.05) is 35.2 Å². The molecule has 0 atom stereocenters. The highest BCUT2D eigenvalue weighted by atomic mass is 32.2. The summed E-state index contributed by atoms with van der Waals surface area (Å²) in [4.78, 5) is 5.64. The Balaban J connectivity index is 1.67. The van der Waals surface area contributed by atoms with Gasteiger partial charge in [-0.3, -0.25) is 9.45 Å². The summed E-state index contributed by atoms with van der Waals surface area (Å²) in [5.74, 6) is -0.190. The molecule has 0 amide bonds. The molecule has 2 heterocycles. The standard InChI is InChI=1S/C16H22N2O5S/c19-16(20)11-3-4-14-13(9-11)12-5-7-18(10-15(12)17-14)6-1-2-8-24(21,22)23/h3-4,9,16-17,19-20H,1-2,5-8,10H2,(H,21,22,23). The smallest absolute Gasteiger partial charge is 0.264 e. The van der Waals surface area contributed by atoms with Crippen molar-refractivity contribution in [1.82, 2.24) is 9.88 Å². The molecular formula is C16H22N2O5S. The number of hydrogen-bond donors (Lipinski definition) is 4. The molecule has 0 unspecified atom stereocenters. The van der Waals surface area contributed by atoms with Gasteiger partial charge in [-0.1, -0.05) is 6.07 Å². The lowest BCUT2D eigenvalue weighted by Crippen LogP contribution is -2.31. The van der Waals surface area contributed by atoms with Crippen molar-refractivity contribution in [2.75, 3.05) is 18.8 Å². The van der Waals surface area contributed by atoms with E-state index in [0.717, 1.165) is 49.1 Å². The number of nitrogens with zero attached hydrogens (tertiary/aromatic N) is 1. The van der Waals surface area contributed by atoms with E-state index in [2.05, 4.69) is 9.88 Å². The van der Waals surface area contributed by atoms with Crippen molar-refractivity contribution in [2.45, 2.75) is 32.1 Å². The molecular weight excluding hydrogens is 332 g/mol. The van der Waals surface area contributed by atoms with Crippen molar-refractivity contribution in [3.8, 4) is 0 Å². The first-order chi connectivity index (χ1) is 11.3. The van der Waals surface area contributed by atoms with Gasteiger partial charge in [0.15, 0.2) is 6.29 Å². The number of hydrogen-bond acceptors (Lipinski definition) is 5. The minimum atomic E-state index is -3.87. The Labute approximate surface area is 140 Å². The van der Waals surface area contributed by atoms with E-state index in [1.54, 1.807) is 6.07 Å². The van der Waals surface area contributed by atoms with Gasteiger partial charge < -0.3 is 15.2 Å². The molecule has 0 bridgehead atoms. The van der Waals surface area contributed by atoms with Crippen LogP contribution in [0.3, 0.4) is 0 Å². The SMILES string of the molecule is O=S(=O)(O)CCCCN1CCc2c([nH]c3ccc(C(O)O)cc23)C1. The minimum Gasteiger partial charge on any atom is -0.364 e. The number of rotatable bonds is 6. The first kappa shape index (κ1) is 17.4. The summed E-state index contributed by atoms with van der Waals surface area (Å²) >= 11 is 0. The number of nitrogens with one attached hydrogen (secondary N) is 1. The second-order valence-corrected chi connectivity index (χ2v) is 7.85. The van der Waals surface area contributed by atoms with Crippen LogP contribution in [0.15, 0.2) is 18.2 Å². The fraction of sp³-hybridized carbons (Fsp3) is 0.500. The third-order valence-electron chi connectivity index (χ3n) is 4.50. The van der Waals surface area contributed by atoms with Crippen molar-refractivity contribution in [3.05, 3.63) is 35.0 Å². The lowest BCUT2D eigenvalue weighted by molar-refractivity contribution is -0.0423. The van der Waals surface area contributed by atoms with Crippen LogP contribution in [-0.2, 0) is 23.1 Å². The molecule has 1 aliphatic heterocycles. The summed E-state index contributed by atoms with van der Waals surface area (Å²) < 4.78 is 30.2. The zero-order valence-electron chi connectivity index (χ0n) is 13.3. The number of fused-ring (bicyclic) bond motifs is 3.